The Hall–Kier alpha value is -2.71. The minimum atomic E-state index is 0.0641. The monoisotopic (exact) mass is 333 g/mol. The highest BCUT2D eigenvalue weighted by Crippen LogP contribution is 2.30. The highest BCUT2D eigenvalue weighted by atomic mass is 32.1. The molecule has 3 heterocycles. The van der Waals surface area contributed by atoms with Crippen molar-refractivity contribution in [3.05, 3.63) is 62.5 Å². The van der Waals surface area contributed by atoms with Crippen molar-refractivity contribution < 1.29 is 0 Å². The molecule has 118 valence electrons. The average molecular weight is 333 g/mol. The first-order chi connectivity index (χ1) is 11.7. The van der Waals surface area contributed by atoms with Gasteiger partial charge < -0.3 is 0 Å². The Labute approximate surface area is 143 Å². The SMILES string of the molecule is CCc1cc2c(=O)n3c(nc2s1)/C(=C\c1ccc(C#N)cc1)CC3. The Morgan fingerprint density at radius 2 is 2.17 bits per heavy atom. The highest BCUT2D eigenvalue weighted by Gasteiger charge is 2.21. The van der Waals surface area contributed by atoms with E-state index in [-0.39, 0.29) is 5.56 Å². The fraction of sp³-hybridized carbons (Fsp3) is 0.211. The Morgan fingerprint density at radius 1 is 1.38 bits per heavy atom. The molecule has 0 amide bonds. The van der Waals surface area contributed by atoms with Gasteiger partial charge in [-0.15, -0.1) is 11.3 Å². The fourth-order valence-electron chi connectivity index (χ4n) is 3.03. The van der Waals surface area contributed by atoms with Crippen LogP contribution in [0.15, 0.2) is 35.1 Å². The summed E-state index contributed by atoms with van der Waals surface area (Å²) in [6, 6.07) is 11.5. The van der Waals surface area contributed by atoms with E-state index in [1.165, 1.54) is 4.88 Å². The van der Waals surface area contributed by atoms with E-state index in [0.717, 1.165) is 40.0 Å². The second-order valence-electron chi connectivity index (χ2n) is 5.83. The van der Waals surface area contributed by atoms with Crippen LogP contribution in [0.1, 0.15) is 35.2 Å². The molecule has 1 aromatic carbocycles. The molecule has 2 aromatic heterocycles. The van der Waals surface area contributed by atoms with Crippen LogP contribution in [-0.2, 0) is 13.0 Å². The van der Waals surface area contributed by atoms with Gasteiger partial charge in [0, 0.05) is 11.4 Å². The molecule has 1 aliphatic rings. The standard InChI is InChI=1S/C19H15N3OS/c1-2-15-10-16-18(24-15)21-17-14(7-8-22(17)19(16)23)9-12-3-5-13(11-20)6-4-12/h3-6,9-10H,2,7-8H2,1H3/b14-9-. The summed E-state index contributed by atoms with van der Waals surface area (Å²) in [6.07, 6.45) is 3.79. The van der Waals surface area contributed by atoms with Gasteiger partial charge in [0.25, 0.3) is 5.56 Å². The topological polar surface area (TPSA) is 58.7 Å². The van der Waals surface area contributed by atoms with Gasteiger partial charge in [-0.2, -0.15) is 5.26 Å². The number of aryl methyl sites for hydroxylation is 1. The zero-order valence-corrected chi connectivity index (χ0v) is 14.1. The number of nitrogens with zero attached hydrogens (tertiary/aromatic N) is 3. The van der Waals surface area contributed by atoms with Crippen molar-refractivity contribution in [2.24, 2.45) is 0 Å². The van der Waals surface area contributed by atoms with Gasteiger partial charge in [-0.1, -0.05) is 19.1 Å². The fourth-order valence-corrected chi connectivity index (χ4v) is 3.99. The van der Waals surface area contributed by atoms with Gasteiger partial charge in [0.1, 0.15) is 10.7 Å². The van der Waals surface area contributed by atoms with Gasteiger partial charge >= 0.3 is 0 Å². The number of hydrogen-bond donors (Lipinski definition) is 0. The average Bonchev–Trinajstić information content (AvgIpc) is 3.21. The number of hydrogen-bond acceptors (Lipinski definition) is 4. The van der Waals surface area contributed by atoms with E-state index in [1.807, 2.05) is 18.2 Å². The normalized spacial score (nSPS) is 14.9. The van der Waals surface area contributed by atoms with E-state index in [1.54, 1.807) is 28.0 Å². The molecule has 0 radical (unpaired) electrons. The summed E-state index contributed by atoms with van der Waals surface area (Å²) in [5.41, 5.74) is 2.80. The minimum absolute atomic E-state index is 0.0641. The third-order valence-electron chi connectivity index (χ3n) is 4.32. The molecule has 0 atom stereocenters. The molecule has 1 aliphatic heterocycles. The van der Waals surface area contributed by atoms with Crippen molar-refractivity contribution in [1.82, 2.24) is 9.55 Å². The predicted octanol–water partition coefficient (Wildman–Crippen LogP) is 3.84. The van der Waals surface area contributed by atoms with Crippen LogP contribution in [0.5, 0.6) is 0 Å². The van der Waals surface area contributed by atoms with Crippen LogP contribution in [0.4, 0.5) is 0 Å². The molecule has 4 rings (SSSR count). The summed E-state index contributed by atoms with van der Waals surface area (Å²) in [5, 5.41) is 9.62. The van der Waals surface area contributed by atoms with Gasteiger partial charge in [-0.05, 0) is 48.3 Å². The summed E-state index contributed by atoms with van der Waals surface area (Å²) in [6.45, 7) is 2.77. The number of allylic oxidation sites excluding steroid dienone is 1. The maximum atomic E-state index is 12.7. The molecule has 5 heteroatoms. The summed E-state index contributed by atoms with van der Waals surface area (Å²) in [7, 11) is 0. The molecule has 0 aliphatic carbocycles. The van der Waals surface area contributed by atoms with Gasteiger partial charge in [0.05, 0.1) is 17.0 Å². The lowest BCUT2D eigenvalue weighted by atomic mass is 10.1. The van der Waals surface area contributed by atoms with Crippen LogP contribution >= 0.6 is 11.3 Å². The lowest BCUT2D eigenvalue weighted by Crippen LogP contribution is -2.19. The molecular weight excluding hydrogens is 318 g/mol. The molecule has 0 unspecified atom stereocenters. The van der Waals surface area contributed by atoms with E-state index >= 15 is 0 Å². The number of benzene rings is 1. The van der Waals surface area contributed by atoms with Crippen molar-refractivity contribution >= 4 is 33.2 Å². The number of fused-ring (bicyclic) bond motifs is 2. The summed E-state index contributed by atoms with van der Waals surface area (Å²) < 4.78 is 1.78. The molecule has 0 N–H and O–H groups in total. The van der Waals surface area contributed by atoms with Crippen molar-refractivity contribution in [3.63, 3.8) is 0 Å². The van der Waals surface area contributed by atoms with Crippen LogP contribution in [0.3, 0.4) is 0 Å². The first-order valence-corrected chi connectivity index (χ1v) is 8.75. The zero-order valence-electron chi connectivity index (χ0n) is 13.2. The smallest absolute Gasteiger partial charge is 0.262 e. The molecule has 0 saturated carbocycles. The maximum Gasteiger partial charge on any atom is 0.262 e. The lowest BCUT2D eigenvalue weighted by Gasteiger charge is -2.03. The summed E-state index contributed by atoms with van der Waals surface area (Å²) >= 11 is 1.60. The summed E-state index contributed by atoms with van der Waals surface area (Å²) in [5.74, 6) is 0.779. The van der Waals surface area contributed by atoms with E-state index < -0.39 is 0 Å². The van der Waals surface area contributed by atoms with Crippen molar-refractivity contribution in [2.75, 3.05) is 0 Å². The van der Waals surface area contributed by atoms with E-state index in [0.29, 0.717) is 12.1 Å². The molecule has 24 heavy (non-hydrogen) atoms. The van der Waals surface area contributed by atoms with Crippen LogP contribution in [-0.4, -0.2) is 9.55 Å². The first kappa shape index (κ1) is 14.9. The molecule has 0 fully saturated rings. The molecule has 3 aromatic rings. The highest BCUT2D eigenvalue weighted by molar-refractivity contribution is 7.18. The van der Waals surface area contributed by atoms with Gasteiger partial charge in [-0.25, -0.2) is 4.98 Å². The van der Waals surface area contributed by atoms with Crippen molar-refractivity contribution in [1.29, 1.82) is 5.26 Å². The van der Waals surface area contributed by atoms with Gasteiger partial charge in [0.15, 0.2) is 0 Å². The number of nitriles is 1. The Bertz CT molecular complexity index is 1060. The number of aromatic nitrogens is 2. The van der Waals surface area contributed by atoms with Crippen LogP contribution in [0.25, 0.3) is 21.9 Å². The molecule has 0 bridgehead atoms. The Morgan fingerprint density at radius 3 is 2.88 bits per heavy atom. The molecule has 4 nitrogen and oxygen atoms in total. The zero-order chi connectivity index (χ0) is 16.7. The predicted molar refractivity (Wildman–Crippen MR) is 96.9 cm³/mol. The van der Waals surface area contributed by atoms with Crippen LogP contribution < -0.4 is 5.56 Å². The lowest BCUT2D eigenvalue weighted by molar-refractivity contribution is 0.726. The van der Waals surface area contributed by atoms with Crippen LogP contribution in [0, 0.1) is 11.3 Å². The summed E-state index contributed by atoms with van der Waals surface area (Å²) in [4.78, 5) is 19.5. The minimum Gasteiger partial charge on any atom is -0.292 e. The number of thiophene rings is 1. The van der Waals surface area contributed by atoms with E-state index in [4.69, 9.17) is 10.2 Å². The maximum absolute atomic E-state index is 12.7. The third kappa shape index (κ3) is 2.36. The van der Waals surface area contributed by atoms with Gasteiger partial charge in [0.2, 0.25) is 0 Å². The molecule has 0 spiro atoms. The second kappa shape index (κ2) is 5.73. The largest absolute Gasteiger partial charge is 0.292 e. The first-order valence-electron chi connectivity index (χ1n) is 7.94. The van der Waals surface area contributed by atoms with E-state index in [2.05, 4.69) is 19.1 Å². The Kier molecular flexibility index (Phi) is 3.55. The molecular formula is C19H15N3OS. The quantitative estimate of drug-likeness (QED) is 0.716. The van der Waals surface area contributed by atoms with Gasteiger partial charge in [-0.3, -0.25) is 9.36 Å². The van der Waals surface area contributed by atoms with E-state index in [9.17, 15) is 4.79 Å². The number of rotatable bonds is 2. The molecule has 0 saturated heterocycles. The van der Waals surface area contributed by atoms with Crippen molar-refractivity contribution in [3.8, 4) is 6.07 Å². The second-order valence-corrected chi connectivity index (χ2v) is 6.95. The van der Waals surface area contributed by atoms with Crippen LogP contribution in [0.2, 0.25) is 0 Å². The third-order valence-corrected chi connectivity index (χ3v) is 5.50. The Balaban J connectivity index is 1.83. The van der Waals surface area contributed by atoms with Crippen molar-refractivity contribution in [2.45, 2.75) is 26.3 Å².